The largest absolute Gasteiger partial charge is 0.374 e. The summed E-state index contributed by atoms with van der Waals surface area (Å²) in [6.45, 7) is 0.983. The normalized spacial score (nSPS) is 39.4. The second kappa shape index (κ2) is 4.92. The Morgan fingerprint density at radius 2 is 2.09 bits per heavy atom. The third-order valence-electron chi connectivity index (χ3n) is 6.71. The van der Waals surface area contributed by atoms with E-state index in [0.29, 0.717) is 12.0 Å². The highest BCUT2D eigenvalue weighted by Gasteiger charge is 2.62. The highest BCUT2D eigenvalue weighted by Crippen LogP contribution is 2.59. The molecule has 1 aromatic heterocycles. The first kappa shape index (κ1) is 13.3. The third-order valence-corrected chi connectivity index (χ3v) is 6.71. The molecule has 1 aromatic rings. The predicted molar refractivity (Wildman–Crippen MR) is 84.8 cm³/mol. The third kappa shape index (κ3) is 1.79. The minimum absolute atomic E-state index is 0.225. The van der Waals surface area contributed by atoms with Crippen molar-refractivity contribution in [3.05, 3.63) is 17.6 Å². The molecule has 4 aliphatic rings. The summed E-state index contributed by atoms with van der Waals surface area (Å²) in [6, 6.07) is 0.545. The summed E-state index contributed by atoms with van der Waals surface area (Å²) >= 11 is 0. The Morgan fingerprint density at radius 3 is 3.05 bits per heavy atom. The minimum Gasteiger partial charge on any atom is -0.374 e. The lowest BCUT2D eigenvalue weighted by Gasteiger charge is -2.57. The van der Waals surface area contributed by atoms with Gasteiger partial charge in [0.05, 0.1) is 5.60 Å². The Kier molecular flexibility index (Phi) is 2.97. The zero-order valence-corrected chi connectivity index (χ0v) is 13.2. The van der Waals surface area contributed by atoms with Crippen LogP contribution in [0.4, 0.5) is 5.82 Å². The molecular weight excluding hydrogens is 274 g/mol. The molecule has 0 aromatic carbocycles. The van der Waals surface area contributed by atoms with E-state index in [1.54, 1.807) is 6.33 Å². The van der Waals surface area contributed by atoms with E-state index in [1.807, 2.05) is 0 Å². The van der Waals surface area contributed by atoms with Gasteiger partial charge in [-0.2, -0.15) is 0 Å². The van der Waals surface area contributed by atoms with E-state index in [4.69, 9.17) is 4.74 Å². The summed E-state index contributed by atoms with van der Waals surface area (Å²) in [5.41, 5.74) is 2.89. The number of nitrogens with one attached hydrogen (secondary N) is 1. The lowest BCUT2D eigenvalue weighted by molar-refractivity contribution is -0.160. The topological polar surface area (TPSA) is 47.0 Å². The first-order valence-corrected chi connectivity index (χ1v) is 9.10. The molecule has 1 aliphatic heterocycles. The van der Waals surface area contributed by atoms with Crippen LogP contribution in [0.1, 0.15) is 56.2 Å². The summed E-state index contributed by atoms with van der Waals surface area (Å²) in [7, 11) is 0. The minimum atomic E-state index is 0.225. The zero-order chi connectivity index (χ0) is 14.6. The molecule has 0 amide bonds. The lowest BCUT2D eigenvalue weighted by atomic mass is 9.53. The van der Waals surface area contributed by atoms with Crippen molar-refractivity contribution in [1.82, 2.24) is 9.97 Å². The van der Waals surface area contributed by atoms with E-state index in [2.05, 4.69) is 15.3 Å². The van der Waals surface area contributed by atoms with Gasteiger partial charge in [0.15, 0.2) is 0 Å². The van der Waals surface area contributed by atoms with Crippen LogP contribution in [0.25, 0.3) is 0 Å². The van der Waals surface area contributed by atoms with Gasteiger partial charge in [-0.05, 0) is 63.7 Å². The average molecular weight is 299 g/mol. The molecule has 1 spiro atoms. The van der Waals surface area contributed by atoms with Crippen molar-refractivity contribution in [1.29, 1.82) is 0 Å². The van der Waals surface area contributed by atoms with Crippen molar-refractivity contribution in [3.8, 4) is 0 Å². The van der Waals surface area contributed by atoms with Crippen LogP contribution in [-0.4, -0.2) is 28.2 Å². The van der Waals surface area contributed by atoms with Gasteiger partial charge < -0.3 is 10.1 Å². The summed E-state index contributed by atoms with van der Waals surface area (Å²) in [5, 5.41) is 3.82. The van der Waals surface area contributed by atoms with Crippen molar-refractivity contribution >= 4 is 5.82 Å². The molecule has 0 bridgehead atoms. The maximum absolute atomic E-state index is 6.25. The van der Waals surface area contributed by atoms with E-state index in [-0.39, 0.29) is 5.60 Å². The summed E-state index contributed by atoms with van der Waals surface area (Å²) in [4.78, 5) is 9.09. The Hall–Kier alpha value is -1.16. The number of aryl methyl sites for hydroxylation is 1. The fraction of sp³-hybridized carbons (Fsp3) is 0.778. The Balaban J connectivity index is 1.40. The number of ether oxygens (including phenoxy) is 1. The number of anilines is 1. The van der Waals surface area contributed by atoms with E-state index < -0.39 is 0 Å². The van der Waals surface area contributed by atoms with Crippen LogP contribution in [0.2, 0.25) is 0 Å². The van der Waals surface area contributed by atoms with Gasteiger partial charge in [-0.1, -0.05) is 0 Å². The fourth-order valence-electron chi connectivity index (χ4n) is 5.59. The Bertz CT molecular complexity index is 590. The van der Waals surface area contributed by atoms with E-state index in [1.165, 1.54) is 56.2 Å². The number of nitrogens with zero attached hydrogens (tertiary/aromatic N) is 2. The van der Waals surface area contributed by atoms with Crippen LogP contribution in [-0.2, 0) is 17.6 Å². The molecule has 4 unspecified atom stereocenters. The molecule has 3 fully saturated rings. The monoisotopic (exact) mass is 299 g/mol. The molecular formula is C18H25N3O. The maximum Gasteiger partial charge on any atom is 0.133 e. The predicted octanol–water partition coefficient (Wildman–Crippen LogP) is 3.12. The number of rotatable bonds is 2. The van der Waals surface area contributed by atoms with Crippen LogP contribution < -0.4 is 5.32 Å². The SMILES string of the molecule is c1nc2c(c(NC3CCCC45OCCC4CC35)n1)CCCC2. The van der Waals surface area contributed by atoms with Crippen LogP contribution in [0.5, 0.6) is 0 Å². The van der Waals surface area contributed by atoms with Crippen molar-refractivity contribution in [3.63, 3.8) is 0 Å². The molecule has 4 nitrogen and oxygen atoms in total. The van der Waals surface area contributed by atoms with E-state index >= 15 is 0 Å². The van der Waals surface area contributed by atoms with Crippen LogP contribution in [0.3, 0.4) is 0 Å². The smallest absolute Gasteiger partial charge is 0.133 e. The molecule has 0 radical (unpaired) electrons. The first-order chi connectivity index (χ1) is 10.9. The summed E-state index contributed by atoms with van der Waals surface area (Å²) in [6.07, 6.45) is 13.0. The molecule has 3 aliphatic carbocycles. The Morgan fingerprint density at radius 1 is 1.14 bits per heavy atom. The van der Waals surface area contributed by atoms with Crippen molar-refractivity contribution in [2.75, 3.05) is 11.9 Å². The van der Waals surface area contributed by atoms with E-state index in [0.717, 1.165) is 31.2 Å². The molecule has 5 rings (SSSR count). The molecule has 1 saturated heterocycles. The van der Waals surface area contributed by atoms with Crippen molar-refractivity contribution in [2.45, 2.75) is 69.4 Å². The highest BCUT2D eigenvalue weighted by molar-refractivity contribution is 5.48. The van der Waals surface area contributed by atoms with Gasteiger partial charge in [-0.15, -0.1) is 0 Å². The van der Waals surface area contributed by atoms with Gasteiger partial charge in [-0.25, -0.2) is 9.97 Å². The molecule has 4 heteroatoms. The molecule has 22 heavy (non-hydrogen) atoms. The van der Waals surface area contributed by atoms with Gasteiger partial charge in [0.2, 0.25) is 0 Å². The van der Waals surface area contributed by atoms with Gasteiger partial charge in [0.1, 0.15) is 12.1 Å². The van der Waals surface area contributed by atoms with Gasteiger partial charge in [-0.3, -0.25) is 0 Å². The molecule has 1 N–H and O–H groups in total. The number of hydrogen-bond donors (Lipinski definition) is 1. The highest BCUT2D eigenvalue weighted by atomic mass is 16.5. The van der Waals surface area contributed by atoms with Gasteiger partial charge >= 0.3 is 0 Å². The molecule has 4 atom stereocenters. The lowest BCUT2D eigenvalue weighted by Crippen LogP contribution is -2.61. The summed E-state index contributed by atoms with van der Waals surface area (Å²) < 4.78 is 6.25. The molecule has 2 saturated carbocycles. The second-order valence-corrected chi connectivity index (χ2v) is 7.63. The number of aromatic nitrogens is 2. The quantitative estimate of drug-likeness (QED) is 0.911. The summed E-state index contributed by atoms with van der Waals surface area (Å²) in [5.74, 6) is 2.65. The second-order valence-electron chi connectivity index (χ2n) is 7.63. The molecule has 2 heterocycles. The fourth-order valence-corrected chi connectivity index (χ4v) is 5.59. The Labute approximate surface area is 132 Å². The zero-order valence-electron chi connectivity index (χ0n) is 13.2. The standard InChI is InChI=1S/C18H25N3O/c1-2-5-15-13(4-1)17(20-11-19-15)21-16-6-3-8-18-12(7-9-22-18)10-14(16)18/h11-12,14,16H,1-10H2,(H,19,20,21). The van der Waals surface area contributed by atoms with Crippen molar-refractivity contribution in [2.24, 2.45) is 11.8 Å². The number of hydrogen-bond acceptors (Lipinski definition) is 4. The van der Waals surface area contributed by atoms with Crippen LogP contribution in [0.15, 0.2) is 6.33 Å². The maximum atomic E-state index is 6.25. The van der Waals surface area contributed by atoms with Gasteiger partial charge in [0, 0.05) is 29.8 Å². The van der Waals surface area contributed by atoms with Crippen LogP contribution >= 0.6 is 0 Å². The first-order valence-electron chi connectivity index (χ1n) is 9.10. The van der Waals surface area contributed by atoms with Crippen LogP contribution in [0, 0.1) is 11.8 Å². The van der Waals surface area contributed by atoms with Crippen molar-refractivity contribution < 1.29 is 4.74 Å². The number of fused-ring (bicyclic) bond motifs is 1. The van der Waals surface area contributed by atoms with Gasteiger partial charge in [0.25, 0.3) is 0 Å². The average Bonchev–Trinajstić information content (AvgIpc) is 2.82. The molecule has 118 valence electrons. The van der Waals surface area contributed by atoms with E-state index in [9.17, 15) is 0 Å².